The number of sulfonamides is 1. The summed E-state index contributed by atoms with van der Waals surface area (Å²) in [5.74, 6) is -1.32. The van der Waals surface area contributed by atoms with Gasteiger partial charge in [-0.15, -0.1) is 0 Å². The van der Waals surface area contributed by atoms with Gasteiger partial charge in [0.15, 0.2) is 0 Å². The Hall–Kier alpha value is -2.97. The molecule has 0 fully saturated rings. The number of benzene rings is 2. The molecule has 0 radical (unpaired) electrons. The van der Waals surface area contributed by atoms with Crippen LogP contribution in [0.25, 0.3) is 0 Å². The Morgan fingerprint density at radius 3 is 2.36 bits per heavy atom. The van der Waals surface area contributed by atoms with Gasteiger partial charge in [0.1, 0.15) is 16.5 Å². The van der Waals surface area contributed by atoms with Gasteiger partial charge in [0.05, 0.1) is 13.7 Å². The second kappa shape index (κ2) is 8.37. The minimum Gasteiger partial charge on any atom is -0.463 e. The summed E-state index contributed by atoms with van der Waals surface area (Å²) in [6.07, 6.45) is 0. The van der Waals surface area contributed by atoms with Gasteiger partial charge in [-0.05, 0) is 29.8 Å². The normalized spacial score (nSPS) is 11.5. The Labute approximate surface area is 162 Å². The Morgan fingerprint density at radius 1 is 1.00 bits per heavy atom. The largest absolute Gasteiger partial charge is 0.463 e. The number of ether oxygens (including phenoxy) is 1. The van der Waals surface area contributed by atoms with E-state index in [1.165, 1.54) is 37.4 Å². The first-order valence-corrected chi connectivity index (χ1v) is 9.81. The Morgan fingerprint density at radius 2 is 1.68 bits per heavy atom. The number of hydrogen-bond donors (Lipinski definition) is 0. The summed E-state index contributed by atoms with van der Waals surface area (Å²) in [5, 5.41) is 0. The van der Waals surface area contributed by atoms with Crippen LogP contribution in [0.15, 0.2) is 76.0 Å². The molecule has 8 heteroatoms. The molecule has 0 spiro atoms. The molecule has 0 unspecified atom stereocenters. The molecule has 0 amide bonds. The van der Waals surface area contributed by atoms with E-state index in [1.54, 1.807) is 24.3 Å². The maximum Gasteiger partial charge on any atom is 0.373 e. The number of halogens is 1. The van der Waals surface area contributed by atoms with Crippen LogP contribution in [0.2, 0.25) is 0 Å². The zero-order valence-electron chi connectivity index (χ0n) is 15.0. The van der Waals surface area contributed by atoms with Crippen molar-refractivity contribution in [3.05, 3.63) is 89.6 Å². The lowest BCUT2D eigenvalue weighted by molar-refractivity contribution is 0.0562. The lowest BCUT2D eigenvalue weighted by Gasteiger charge is -2.21. The molecule has 3 aromatic rings. The van der Waals surface area contributed by atoms with Crippen LogP contribution in [0.5, 0.6) is 0 Å². The molecule has 0 aliphatic carbocycles. The van der Waals surface area contributed by atoms with Crippen molar-refractivity contribution in [1.82, 2.24) is 4.31 Å². The standard InChI is InChI=1S/C20H18FNO5S/c1-26-20(23)18-12-11-16(27-18)14-22(13-15-7-3-2-4-8-15)28(24,25)19-10-6-5-9-17(19)21/h2-12H,13-14H2,1H3. The van der Waals surface area contributed by atoms with Crippen molar-refractivity contribution in [2.75, 3.05) is 7.11 Å². The molecule has 0 saturated heterocycles. The molecular formula is C20H18FNO5S. The van der Waals surface area contributed by atoms with Gasteiger partial charge >= 0.3 is 5.97 Å². The molecule has 0 saturated carbocycles. The SMILES string of the molecule is COC(=O)c1ccc(CN(Cc2ccccc2)S(=O)(=O)c2ccccc2F)o1. The van der Waals surface area contributed by atoms with Crippen LogP contribution in [-0.4, -0.2) is 25.8 Å². The molecule has 0 aliphatic heterocycles. The van der Waals surface area contributed by atoms with E-state index < -0.39 is 26.7 Å². The average molecular weight is 403 g/mol. The lowest BCUT2D eigenvalue weighted by Crippen LogP contribution is -2.30. The molecule has 2 aromatic carbocycles. The number of rotatable bonds is 7. The fraction of sp³-hybridized carbons (Fsp3) is 0.150. The topological polar surface area (TPSA) is 76.8 Å². The van der Waals surface area contributed by atoms with Gasteiger partial charge in [-0.3, -0.25) is 0 Å². The number of furan rings is 1. The third kappa shape index (κ3) is 4.29. The molecule has 6 nitrogen and oxygen atoms in total. The van der Waals surface area contributed by atoms with E-state index in [1.807, 2.05) is 6.07 Å². The van der Waals surface area contributed by atoms with E-state index in [4.69, 9.17) is 4.42 Å². The quantitative estimate of drug-likeness (QED) is 0.564. The van der Waals surface area contributed by atoms with E-state index >= 15 is 0 Å². The summed E-state index contributed by atoms with van der Waals surface area (Å²) in [6, 6.07) is 17.0. The molecule has 0 atom stereocenters. The van der Waals surface area contributed by atoms with Crippen LogP contribution in [0, 0.1) is 5.82 Å². The summed E-state index contributed by atoms with van der Waals surface area (Å²) >= 11 is 0. The summed E-state index contributed by atoms with van der Waals surface area (Å²) in [7, 11) is -2.95. The van der Waals surface area contributed by atoms with Crippen molar-refractivity contribution in [2.24, 2.45) is 0 Å². The van der Waals surface area contributed by atoms with Crippen molar-refractivity contribution < 1.29 is 26.8 Å². The van der Waals surface area contributed by atoms with Crippen molar-refractivity contribution in [1.29, 1.82) is 0 Å². The maximum absolute atomic E-state index is 14.2. The first kappa shape index (κ1) is 19.8. The summed E-state index contributed by atoms with van der Waals surface area (Å²) in [6.45, 7) is -0.172. The third-order valence-corrected chi connectivity index (χ3v) is 5.86. The van der Waals surface area contributed by atoms with Gasteiger partial charge in [-0.1, -0.05) is 42.5 Å². The van der Waals surface area contributed by atoms with E-state index in [9.17, 15) is 17.6 Å². The number of esters is 1. The van der Waals surface area contributed by atoms with Gasteiger partial charge in [-0.25, -0.2) is 17.6 Å². The molecule has 146 valence electrons. The van der Waals surface area contributed by atoms with Gasteiger partial charge in [-0.2, -0.15) is 4.31 Å². The highest BCUT2D eigenvalue weighted by molar-refractivity contribution is 7.89. The summed E-state index contributed by atoms with van der Waals surface area (Å²) < 4.78 is 51.5. The molecule has 28 heavy (non-hydrogen) atoms. The van der Waals surface area contributed by atoms with Crippen LogP contribution in [0.1, 0.15) is 21.9 Å². The van der Waals surface area contributed by atoms with Gasteiger partial charge in [0.2, 0.25) is 15.8 Å². The number of methoxy groups -OCH3 is 1. The Balaban J connectivity index is 1.96. The van der Waals surface area contributed by atoms with E-state index in [0.717, 1.165) is 15.9 Å². The molecule has 0 N–H and O–H groups in total. The van der Waals surface area contributed by atoms with Gasteiger partial charge < -0.3 is 9.15 Å². The minimum absolute atomic E-state index is 0.00572. The zero-order valence-corrected chi connectivity index (χ0v) is 15.9. The van der Waals surface area contributed by atoms with Gasteiger partial charge in [0.25, 0.3) is 0 Å². The van der Waals surface area contributed by atoms with Crippen LogP contribution in [0.3, 0.4) is 0 Å². The van der Waals surface area contributed by atoms with E-state index in [-0.39, 0.29) is 24.6 Å². The number of nitrogens with zero attached hydrogens (tertiary/aromatic N) is 1. The Kier molecular flexibility index (Phi) is 5.91. The van der Waals surface area contributed by atoms with Crippen molar-refractivity contribution in [3.63, 3.8) is 0 Å². The van der Waals surface area contributed by atoms with Crippen LogP contribution >= 0.6 is 0 Å². The third-order valence-electron chi connectivity index (χ3n) is 4.04. The van der Waals surface area contributed by atoms with Crippen molar-refractivity contribution in [3.8, 4) is 0 Å². The van der Waals surface area contributed by atoms with Crippen LogP contribution in [-0.2, 0) is 27.8 Å². The predicted molar refractivity (Wildman–Crippen MR) is 99.3 cm³/mol. The molecule has 1 heterocycles. The smallest absolute Gasteiger partial charge is 0.373 e. The van der Waals surface area contributed by atoms with Crippen molar-refractivity contribution >= 4 is 16.0 Å². The average Bonchev–Trinajstić information content (AvgIpc) is 3.16. The molecule has 3 rings (SSSR count). The fourth-order valence-corrected chi connectivity index (χ4v) is 4.11. The number of hydrogen-bond acceptors (Lipinski definition) is 5. The van der Waals surface area contributed by atoms with E-state index in [0.29, 0.717) is 0 Å². The molecule has 0 aliphatic rings. The second-order valence-electron chi connectivity index (χ2n) is 5.95. The van der Waals surface area contributed by atoms with Crippen LogP contribution < -0.4 is 0 Å². The summed E-state index contributed by atoms with van der Waals surface area (Å²) in [5.41, 5.74) is 0.724. The molecule has 0 bridgehead atoms. The Bertz CT molecular complexity index is 1060. The first-order valence-electron chi connectivity index (χ1n) is 8.37. The van der Waals surface area contributed by atoms with Gasteiger partial charge in [0, 0.05) is 6.54 Å². The highest BCUT2D eigenvalue weighted by atomic mass is 32.2. The number of carbonyl (C=O) groups is 1. The van der Waals surface area contributed by atoms with Crippen molar-refractivity contribution in [2.45, 2.75) is 18.0 Å². The zero-order chi connectivity index (χ0) is 20.1. The minimum atomic E-state index is -4.16. The first-order chi connectivity index (χ1) is 13.4. The highest BCUT2D eigenvalue weighted by Crippen LogP contribution is 2.24. The van der Waals surface area contributed by atoms with Crippen LogP contribution in [0.4, 0.5) is 4.39 Å². The fourth-order valence-electron chi connectivity index (χ4n) is 2.65. The molecule has 1 aromatic heterocycles. The maximum atomic E-state index is 14.2. The highest BCUT2D eigenvalue weighted by Gasteiger charge is 2.29. The monoisotopic (exact) mass is 403 g/mol. The number of carbonyl (C=O) groups excluding carboxylic acids is 1. The van der Waals surface area contributed by atoms with E-state index in [2.05, 4.69) is 4.74 Å². The second-order valence-corrected chi connectivity index (χ2v) is 7.85. The lowest BCUT2D eigenvalue weighted by atomic mass is 10.2. The summed E-state index contributed by atoms with van der Waals surface area (Å²) in [4.78, 5) is 11.1. The molecular weight excluding hydrogens is 385 g/mol. The predicted octanol–water partition coefficient (Wildman–Crippen LogP) is 3.60.